The number of hydrogen-bond acceptors (Lipinski definition) is 6. The second kappa shape index (κ2) is 6.68. The molecule has 3 heterocycles. The summed E-state index contributed by atoms with van der Waals surface area (Å²) in [5, 5.41) is 0. The van der Waals surface area contributed by atoms with Crippen molar-refractivity contribution in [3.05, 3.63) is 53.5 Å². The summed E-state index contributed by atoms with van der Waals surface area (Å²) in [6.45, 7) is 5.13. The zero-order valence-corrected chi connectivity index (χ0v) is 15.4. The van der Waals surface area contributed by atoms with Gasteiger partial charge in [0.05, 0.1) is 19.5 Å². The number of fused-ring (bicyclic) bond motifs is 1. The summed E-state index contributed by atoms with van der Waals surface area (Å²) in [7, 11) is 3.58. The van der Waals surface area contributed by atoms with Crippen molar-refractivity contribution in [2.75, 3.05) is 38.7 Å². The number of rotatable bonds is 3. The lowest BCUT2D eigenvalue weighted by Gasteiger charge is -2.28. The Morgan fingerprint density at radius 2 is 2.00 bits per heavy atom. The van der Waals surface area contributed by atoms with Crippen molar-refractivity contribution in [3.63, 3.8) is 0 Å². The van der Waals surface area contributed by atoms with E-state index in [1.54, 1.807) is 6.20 Å². The first kappa shape index (κ1) is 17.0. The second-order valence-corrected chi connectivity index (χ2v) is 7.32. The Hall–Kier alpha value is -2.47. The number of esters is 1. The van der Waals surface area contributed by atoms with Crippen LogP contribution in [0.1, 0.15) is 27.7 Å². The van der Waals surface area contributed by atoms with E-state index < -0.39 is 5.97 Å². The van der Waals surface area contributed by atoms with Gasteiger partial charge in [-0.1, -0.05) is 24.3 Å². The molecule has 0 spiro atoms. The summed E-state index contributed by atoms with van der Waals surface area (Å²) >= 11 is 0. The summed E-state index contributed by atoms with van der Waals surface area (Å²) in [5.41, 5.74) is 3.02. The Balaban J connectivity index is 1.59. The minimum Gasteiger partial charge on any atom is -0.464 e. The van der Waals surface area contributed by atoms with Crippen LogP contribution in [-0.4, -0.2) is 54.6 Å². The largest absolute Gasteiger partial charge is 0.464 e. The van der Waals surface area contributed by atoms with E-state index in [4.69, 9.17) is 4.74 Å². The fraction of sp³-hybridized carbons (Fsp3) is 0.450. The number of nitrogens with zero attached hydrogens (tertiary/aromatic N) is 4. The SMILES string of the molecule is COC(=O)c1cncc(N2C[C@@H]3CN(C)[C@@H](c4ccccc4C)[C@@H]3C2)n1. The number of hydrogen-bond donors (Lipinski definition) is 0. The first-order valence-electron chi connectivity index (χ1n) is 8.99. The van der Waals surface area contributed by atoms with Crippen molar-refractivity contribution < 1.29 is 9.53 Å². The molecule has 2 aliphatic heterocycles. The number of methoxy groups -OCH3 is 1. The highest BCUT2D eigenvalue weighted by Gasteiger charge is 2.46. The summed E-state index contributed by atoms with van der Waals surface area (Å²) < 4.78 is 4.76. The monoisotopic (exact) mass is 352 g/mol. The number of carbonyl (C=O) groups excluding carboxylic acids is 1. The van der Waals surface area contributed by atoms with Gasteiger partial charge < -0.3 is 9.64 Å². The molecule has 0 unspecified atom stereocenters. The maximum atomic E-state index is 11.7. The van der Waals surface area contributed by atoms with E-state index in [1.807, 2.05) is 0 Å². The van der Waals surface area contributed by atoms with Crippen LogP contribution >= 0.6 is 0 Å². The molecule has 3 atom stereocenters. The Morgan fingerprint density at radius 1 is 1.19 bits per heavy atom. The lowest BCUT2D eigenvalue weighted by molar-refractivity contribution is 0.0593. The molecule has 6 heteroatoms. The Kier molecular flexibility index (Phi) is 4.36. The fourth-order valence-electron chi connectivity index (χ4n) is 4.54. The number of aromatic nitrogens is 2. The van der Waals surface area contributed by atoms with Crippen LogP contribution in [0.4, 0.5) is 5.82 Å². The Morgan fingerprint density at radius 3 is 2.77 bits per heavy atom. The summed E-state index contributed by atoms with van der Waals surface area (Å²) in [6, 6.07) is 9.08. The molecule has 0 radical (unpaired) electrons. The predicted octanol–water partition coefficient (Wildman–Crippen LogP) is 2.31. The van der Waals surface area contributed by atoms with Gasteiger partial charge in [0.1, 0.15) is 5.82 Å². The van der Waals surface area contributed by atoms with Gasteiger partial charge in [0.15, 0.2) is 5.69 Å². The summed E-state index contributed by atoms with van der Waals surface area (Å²) in [6.07, 6.45) is 3.19. The van der Waals surface area contributed by atoms with Gasteiger partial charge in [-0.15, -0.1) is 0 Å². The smallest absolute Gasteiger partial charge is 0.358 e. The molecule has 26 heavy (non-hydrogen) atoms. The first-order valence-corrected chi connectivity index (χ1v) is 8.99. The first-order chi connectivity index (χ1) is 12.6. The third-order valence-corrected chi connectivity index (χ3v) is 5.74. The minimum atomic E-state index is -0.448. The van der Waals surface area contributed by atoms with Crippen LogP contribution in [0.3, 0.4) is 0 Å². The highest BCUT2D eigenvalue weighted by molar-refractivity contribution is 5.87. The number of benzene rings is 1. The highest BCUT2D eigenvalue weighted by Crippen LogP contribution is 2.45. The summed E-state index contributed by atoms with van der Waals surface area (Å²) in [4.78, 5) is 25.1. The van der Waals surface area contributed by atoms with Crippen LogP contribution in [0.5, 0.6) is 0 Å². The molecule has 1 aromatic carbocycles. The van der Waals surface area contributed by atoms with Crippen LogP contribution in [0, 0.1) is 18.8 Å². The van der Waals surface area contributed by atoms with Crippen LogP contribution in [-0.2, 0) is 4.74 Å². The number of ether oxygens (including phenoxy) is 1. The van der Waals surface area contributed by atoms with Crippen molar-refractivity contribution in [3.8, 4) is 0 Å². The van der Waals surface area contributed by atoms with Crippen molar-refractivity contribution in [2.45, 2.75) is 13.0 Å². The molecular weight excluding hydrogens is 328 g/mol. The lowest BCUT2D eigenvalue weighted by Crippen LogP contribution is -2.30. The quantitative estimate of drug-likeness (QED) is 0.790. The molecule has 0 saturated carbocycles. The third kappa shape index (κ3) is 2.84. The average molecular weight is 352 g/mol. The second-order valence-electron chi connectivity index (χ2n) is 7.32. The van der Waals surface area contributed by atoms with Gasteiger partial charge in [0.25, 0.3) is 0 Å². The average Bonchev–Trinajstić information content (AvgIpc) is 3.19. The fourth-order valence-corrected chi connectivity index (χ4v) is 4.54. The van der Waals surface area contributed by atoms with Crippen LogP contribution < -0.4 is 4.90 Å². The maximum absolute atomic E-state index is 11.7. The minimum absolute atomic E-state index is 0.259. The molecule has 0 N–H and O–H groups in total. The molecule has 2 saturated heterocycles. The van der Waals surface area contributed by atoms with Gasteiger partial charge in [0.2, 0.25) is 0 Å². The topological polar surface area (TPSA) is 58.6 Å². The standard InChI is InChI=1S/C20H24N4O2/c1-13-6-4-5-7-15(13)19-16-12-24(11-14(16)10-23(19)2)18-9-21-8-17(22-18)20(25)26-3/h4-9,14,16,19H,10-12H2,1-3H3/t14-,16+,19-/m0/s1. The van der Waals surface area contributed by atoms with E-state index in [9.17, 15) is 4.79 Å². The van der Waals surface area contributed by atoms with Gasteiger partial charge in [-0.2, -0.15) is 0 Å². The molecule has 6 nitrogen and oxygen atoms in total. The molecule has 0 aliphatic carbocycles. The molecule has 1 aromatic heterocycles. The zero-order chi connectivity index (χ0) is 18.3. The molecule has 0 amide bonds. The molecule has 2 aromatic rings. The number of aryl methyl sites for hydroxylation is 1. The normalized spacial score (nSPS) is 25.3. The molecule has 2 aliphatic rings. The highest BCUT2D eigenvalue weighted by atomic mass is 16.5. The van der Waals surface area contributed by atoms with Crippen LogP contribution in [0.15, 0.2) is 36.7 Å². The van der Waals surface area contributed by atoms with E-state index in [2.05, 4.69) is 58.0 Å². The molecule has 2 fully saturated rings. The molecule has 0 bridgehead atoms. The van der Waals surface area contributed by atoms with Gasteiger partial charge in [-0.05, 0) is 31.0 Å². The predicted molar refractivity (Wildman–Crippen MR) is 99.1 cm³/mol. The van der Waals surface area contributed by atoms with Gasteiger partial charge in [0, 0.05) is 31.6 Å². The van der Waals surface area contributed by atoms with E-state index in [0.717, 1.165) is 25.5 Å². The number of likely N-dealkylation sites (tertiary alicyclic amines) is 1. The molecule has 136 valence electrons. The van der Waals surface area contributed by atoms with Crippen LogP contribution in [0.2, 0.25) is 0 Å². The van der Waals surface area contributed by atoms with Gasteiger partial charge in [-0.3, -0.25) is 9.88 Å². The zero-order valence-electron chi connectivity index (χ0n) is 15.4. The van der Waals surface area contributed by atoms with Crippen molar-refractivity contribution in [1.29, 1.82) is 0 Å². The third-order valence-electron chi connectivity index (χ3n) is 5.74. The van der Waals surface area contributed by atoms with Crippen LogP contribution in [0.25, 0.3) is 0 Å². The van der Waals surface area contributed by atoms with Crippen molar-refractivity contribution in [1.82, 2.24) is 14.9 Å². The summed E-state index contributed by atoms with van der Waals surface area (Å²) in [5.74, 6) is 1.45. The van der Waals surface area contributed by atoms with Crippen molar-refractivity contribution in [2.24, 2.45) is 11.8 Å². The van der Waals surface area contributed by atoms with Crippen molar-refractivity contribution >= 4 is 11.8 Å². The van der Waals surface area contributed by atoms with E-state index in [1.165, 1.54) is 24.4 Å². The molecule has 4 rings (SSSR count). The molecular formula is C20H24N4O2. The van der Waals surface area contributed by atoms with E-state index >= 15 is 0 Å². The maximum Gasteiger partial charge on any atom is 0.358 e. The number of carbonyl (C=O) groups is 1. The Labute approximate surface area is 153 Å². The van der Waals surface area contributed by atoms with Gasteiger partial charge >= 0.3 is 5.97 Å². The van der Waals surface area contributed by atoms with Gasteiger partial charge in [-0.25, -0.2) is 9.78 Å². The lowest BCUT2D eigenvalue weighted by atomic mass is 9.88. The van der Waals surface area contributed by atoms with E-state index in [-0.39, 0.29) is 5.69 Å². The number of anilines is 1. The van der Waals surface area contributed by atoms with E-state index in [0.29, 0.717) is 17.9 Å². The Bertz CT molecular complexity index is 825.